The van der Waals surface area contributed by atoms with Gasteiger partial charge < -0.3 is 0 Å². The number of hydrogen-bond acceptors (Lipinski definition) is 5. The minimum absolute atomic E-state index is 0. The average molecular weight is 322 g/mol. The first-order valence-electron chi connectivity index (χ1n) is 4.41. The summed E-state index contributed by atoms with van der Waals surface area (Å²) < 4.78 is 48.2. The molecular formula is C10H12Na2O5S2. The SMILES string of the molecule is C=CS(=O)(=O)OS(=O)(=O)C=Cc1ccccc1.[NaH].[NaH]. The second-order valence-corrected chi connectivity index (χ2v) is 6.05. The van der Waals surface area contributed by atoms with E-state index in [1.165, 1.54) is 6.08 Å². The van der Waals surface area contributed by atoms with Gasteiger partial charge in [0.25, 0.3) is 0 Å². The van der Waals surface area contributed by atoms with E-state index in [2.05, 4.69) is 10.2 Å². The van der Waals surface area contributed by atoms with Crippen molar-refractivity contribution in [2.75, 3.05) is 0 Å². The molecule has 0 aliphatic heterocycles. The van der Waals surface area contributed by atoms with Gasteiger partial charge in [0.05, 0.1) is 10.8 Å². The van der Waals surface area contributed by atoms with Crippen LogP contribution < -0.4 is 0 Å². The van der Waals surface area contributed by atoms with E-state index in [9.17, 15) is 16.8 Å². The third-order valence-electron chi connectivity index (χ3n) is 1.62. The van der Waals surface area contributed by atoms with E-state index >= 15 is 0 Å². The number of hydrogen-bond donors (Lipinski definition) is 0. The molecule has 0 amide bonds. The molecule has 1 rings (SSSR count). The Bertz CT molecular complexity index is 621. The average Bonchev–Trinajstić information content (AvgIpc) is 2.27. The van der Waals surface area contributed by atoms with Crippen LogP contribution in [0.15, 0.2) is 47.7 Å². The normalized spacial score (nSPS) is 11.4. The summed E-state index contributed by atoms with van der Waals surface area (Å²) in [7, 11) is -8.55. The zero-order chi connectivity index (χ0) is 12.9. The summed E-state index contributed by atoms with van der Waals surface area (Å²) >= 11 is 0. The van der Waals surface area contributed by atoms with Crippen LogP contribution in [0.2, 0.25) is 0 Å². The third kappa shape index (κ3) is 9.17. The first-order valence-corrected chi connectivity index (χ1v) is 7.36. The molecule has 0 N–H and O–H groups in total. The Morgan fingerprint density at radius 1 is 0.947 bits per heavy atom. The Morgan fingerprint density at radius 3 is 1.95 bits per heavy atom. The van der Waals surface area contributed by atoms with Crippen molar-refractivity contribution in [2.45, 2.75) is 0 Å². The van der Waals surface area contributed by atoms with E-state index in [1.54, 1.807) is 30.3 Å². The molecule has 96 valence electrons. The van der Waals surface area contributed by atoms with E-state index in [1.807, 2.05) is 0 Å². The zero-order valence-electron chi connectivity index (χ0n) is 8.68. The summed E-state index contributed by atoms with van der Waals surface area (Å²) in [5.41, 5.74) is 0.607. The van der Waals surface area contributed by atoms with Crippen molar-refractivity contribution in [1.82, 2.24) is 0 Å². The fraction of sp³-hybridized carbons (Fsp3) is 0. The van der Waals surface area contributed by atoms with Gasteiger partial charge in [0.2, 0.25) is 0 Å². The zero-order valence-corrected chi connectivity index (χ0v) is 10.3. The van der Waals surface area contributed by atoms with E-state index in [0.29, 0.717) is 16.4 Å². The Kier molecular flexibility index (Phi) is 10.9. The van der Waals surface area contributed by atoms with Crippen LogP contribution in [0, 0.1) is 0 Å². The van der Waals surface area contributed by atoms with E-state index in [4.69, 9.17) is 0 Å². The van der Waals surface area contributed by atoms with Crippen LogP contribution in [0.25, 0.3) is 6.08 Å². The van der Waals surface area contributed by atoms with Gasteiger partial charge in [-0.05, 0) is 11.6 Å². The summed E-state index contributed by atoms with van der Waals surface area (Å²) in [5.74, 6) is 0. The molecule has 5 nitrogen and oxygen atoms in total. The molecule has 19 heavy (non-hydrogen) atoms. The van der Waals surface area contributed by atoms with Crippen molar-refractivity contribution in [2.24, 2.45) is 0 Å². The molecule has 0 heterocycles. The Hall–Kier alpha value is 0.560. The van der Waals surface area contributed by atoms with Crippen molar-refractivity contribution in [3.05, 3.63) is 53.3 Å². The van der Waals surface area contributed by atoms with Gasteiger partial charge in [0, 0.05) is 0 Å². The van der Waals surface area contributed by atoms with E-state index in [0.717, 1.165) is 0 Å². The van der Waals surface area contributed by atoms with E-state index in [-0.39, 0.29) is 59.1 Å². The summed E-state index contributed by atoms with van der Waals surface area (Å²) in [4.78, 5) is 0. The topological polar surface area (TPSA) is 77.5 Å². The standard InChI is InChI=1S/C10H10O5S2.2Na.2H/c1-2-16(11,12)15-17(13,14)9-8-10-6-4-3-5-7-10;;;;/h2-9H,1H2;;;;. The monoisotopic (exact) mass is 322 g/mol. The molecule has 0 aromatic heterocycles. The van der Waals surface area contributed by atoms with Gasteiger partial charge in [-0.25, -0.2) is 0 Å². The Morgan fingerprint density at radius 2 is 1.47 bits per heavy atom. The predicted octanol–water partition coefficient (Wildman–Crippen LogP) is 0.180. The molecule has 9 heteroatoms. The quantitative estimate of drug-likeness (QED) is 0.723. The summed E-state index contributed by atoms with van der Waals surface area (Å²) in [6.45, 7) is 2.93. The molecule has 1 aromatic rings. The van der Waals surface area contributed by atoms with Crippen LogP contribution in [-0.4, -0.2) is 76.0 Å². The van der Waals surface area contributed by atoms with Gasteiger partial charge in [-0.2, -0.15) is 16.8 Å². The van der Waals surface area contributed by atoms with Crippen molar-refractivity contribution < 1.29 is 20.5 Å². The minimum atomic E-state index is -4.29. The van der Waals surface area contributed by atoms with Crippen molar-refractivity contribution >= 4 is 85.4 Å². The third-order valence-corrected chi connectivity index (χ3v) is 4.02. The number of rotatable bonds is 5. The van der Waals surface area contributed by atoms with Crippen LogP contribution in [0.1, 0.15) is 5.56 Å². The second kappa shape index (κ2) is 9.49. The van der Waals surface area contributed by atoms with Gasteiger partial charge in [0.15, 0.2) is 0 Å². The van der Waals surface area contributed by atoms with Crippen LogP contribution in [-0.2, 0) is 23.9 Å². The van der Waals surface area contributed by atoms with Crippen molar-refractivity contribution in [3.63, 3.8) is 0 Å². The summed E-state index contributed by atoms with van der Waals surface area (Å²) in [6, 6.07) is 8.52. The van der Waals surface area contributed by atoms with Crippen LogP contribution in [0.3, 0.4) is 0 Å². The fourth-order valence-electron chi connectivity index (χ4n) is 0.909. The second-order valence-electron chi connectivity index (χ2n) is 2.93. The first kappa shape index (κ1) is 21.9. The van der Waals surface area contributed by atoms with Gasteiger partial charge in [-0.1, -0.05) is 36.9 Å². The number of benzene rings is 1. The Labute approximate surface area is 157 Å². The molecule has 0 unspecified atom stereocenters. The Balaban J connectivity index is 0. The molecule has 0 spiro atoms. The van der Waals surface area contributed by atoms with Crippen molar-refractivity contribution in [3.8, 4) is 0 Å². The molecule has 0 bridgehead atoms. The molecule has 1 aromatic carbocycles. The molecular weight excluding hydrogens is 310 g/mol. The maximum absolute atomic E-state index is 11.2. The summed E-state index contributed by atoms with van der Waals surface area (Å²) in [5, 5.41) is 1.09. The van der Waals surface area contributed by atoms with Gasteiger partial charge >= 0.3 is 79.4 Å². The first-order chi connectivity index (χ1) is 7.85. The molecule has 0 atom stereocenters. The molecule has 0 saturated carbocycles. The molecule has 0 fully saturated rings. The molecule has 0 aliphatic rings. The van der Waals surface area contributed by atoms with Crippen LogP contribution >= 0.6 is 0 Å². The fourth-order valence-corrected chi connectivity index (χ4v) is 2.69. The summed E-state index contributed by atoms with van der Waals surface area (Å²) in [6.07, 6.45) is 1.23. The van der Waals surface area contributed by atoms with Gasteiger partial charge in [-0.3, -0.25) is 0 Å². The molecule has 0 saturated heterocycles. The van der Waals surface area contributed by atoms with Gasteiger partial charge in [0.1, 0.15) is 0 Å². The van der Waals surface area contributed by atoms with Crippen LogP contribution in [0.5, 0.6) is 0 Å². The molecule has 0 aliphatic carbocycles. The predicted molar refractivity (Wildman–Crippen MR) is 78.9 cm³/mol. The van der Waals surface area contributed by atoms with Gasteiger partial charge in [-0.15, -0.1) is 3.63 Å². The van der Waals surface area contributed by atoms with Crippen LogP contribution in [0.4, 0.5) is 0 Å². The van der Waals surface area contributed by atoms with E-state index < -0.39 is 20.2 Å². The van der Waals surface area contributed by atoms with Crippen molar-refractivity contribution in [1.29, 1.82) is 0 Å². The molecule has 0 radical (unpaired) electrons. The maximum atomic E-state index is 11.2.